The molecule has 14 heteroatoms. The normalized spacial score (nSPS) is 11.7. The number of rotatable bonds is 17. The molecule has 4 aromatic carbocycles. The summed E-state index contributed by atoms with van der Waals surface area (Å²) >= 11 is 2.93. The van der Waals surface area contributed by atoms with Crippen molar-refractivity contribution in [1.82, 2.24) is 0 Å². The Morgan fingerprint density at radius 2 is 0.963 bits per heavy atom. The predicted octanol–water partition coefficient (Wildman–Crippen LogP) is 10.6. The van der Waals surface area contributed by atoms with Crippen molar-refractivity contribution in [3.05, 3.63) is 106 Å². The van der Waals surface area contributed by atoms with E-state index in [9.17, 15) is 35.9 Å². The number of benzene rings is 4. The molecule has 4 rings (SSSR count). The number of alkyl halides is 6. The number of aryl methyl sites for hydroxylation is 4. The highest BCUT2D eigenvalue weighted by Crippen LogP contribution is 2.39. The molecule has 0 heterocycles. The third-order valence-electron chi connectivity index (χ3n) is 8.32. The molecule has 0 saturated heterocycles. The lowest BCUT2D eigenvalue weighted by atomic mass is 9.93. The van der Waals surface area contributed by atoms with Gasteiger partial charge in [0, 0.05) is 9.79 Å². The molecule has 6 nitrogen and oxygen atoms in total. The summed E-state index contributed by atoms with van der Waals surface area (Å²) in [5.41, 5.74) is 0.0663. The standard InChI is InChI=1S/C40H40F6O6S2/c1-25-19-31(13-15-35(25)51-23-37(47)49-3)53-17-5-7-27-9-11-29(21-33(27)39(41,42)43)30-12-10-28(34(22-30)40(44,45)46)8-6-18-54-32-14-16-36(26(2)20-32)52-24-38(48)50-4/h9-16,19-22H,5-8,17-18,23-24H2,1-4H3. The van der Waals surface area contributed by atoms with E-state index in [1.54, 1.807) is 24.3 Å². The number of ether oxygens (including phenoxy) is 4. The van der Waals surface area contributed by atoms with Gasteiger partial charge in [0.1, 0.15) is 11.5 Å². The van der Waals surface area contributed by atoms with E-state index < -0.39 is 35.4 Å². The van der Waals surface area contributed by atoms with Crippen LogP contribution >= 0.6 is 23.5 Å². The summed E-state index contributed by atoms with van der Waals surface area (Å²) in [6.07, 6.45) is -8.30. The number of hydrogen-bond acceptors (Lipinski definition) is 8. The predicted molar refractivity (Wildman–Crippen MR) is 197 cm³/mol. The largest absolute Gasteiger partial charge is 0.482 e. The van der Waals surface area contributed by atoms with Crippen molar-refractivity contribution in [3.63, 3.8) is 0 Å². The number of carbonyl (C=O) groups is 2. The van der Waals surface area contributed by atoms with E-state index in [1.165, 1.54) is 62.0 Å². The minimum absolute atomic E-state index is 0.0485. The summed E-state index contributed by atoms with van der Waals surface area (Å²) in [5, 5.41) is 0. The molecule has 54 heavy (non-hydrogen) atoms. The van der Waals surface area contributed by atoms with Gasteiger partial charge in [0.2, 0.25) is 0 Å². The van der Waals surface area contributed by atoms with Gasteiger partial charge in [-0.1, -0.05) is 24.3 Å². The smallest absolute Gasteiger partial charge is 0.416 e. The lowest BCUT2D eigenvalue weighted by Crippen LogP contribution is -2.13. The van der Waals surface area contributed by atoms with E-state index in [2.05, 4.69) is 9.47 Å². The van der Waals surface area contributed by atoms with Gasteiger partial charge in [-0.05, 0) is 133 Å². The first-order chi connectivity index (χ1) is 25.6. The molecular formula is C40H40F6O6S2. The van der Waals surface area contributed by atoms with Crippen LogP contribution in [0.2, 0.25) is 0 Å². The average molecular weight is 795 g/mol. The third-order valence-corrected chi connectivity index (χ3v) is 10.5. The highest BCUT2D eigenvalue weighted by Gasteiger charge is 2.35. The fraction of sp³-hybridized carbons (Fsp3) is 0.350. The molecule has 0 aromatic heterocycles. The lowest BCUT2D eigenvalue weighted by Gasteiger charge is -2.17. The Morgan fingerprint density at radius 3 is 1.30 bits per heavy atom. The second-order valence-electron chi connectivity index (χ2n) is 12.2. The van der Waals surface area contributed by atoms with Gasteiger partial charge < -0.3 is 18.9 Å². The molecule has 0 aliphatic rings. The third kappa shape index (κ3) is 12.4. The van der Waals surface area contributed by atoms with E-state index in [1.807, 2.05) is 26.0 Å². The van der Waals surface area contributed by atoms with Crippen LogP contribution in [0.4, 0.5) is 26.3 Å². The van der Waals surface area contributed by atoms with Crippen LogP contribution in [-0.4, -0.2) is 50.9 Å². The zero-order valence-corrected chi connectivity index (χ0v) is 31.8. The molecule has 0 spiro atoms. The van der Waals surface area contributed by atoms with Gasteiger partial charge in [0.25, 0.3) is 0 Å². The van der Waals surface area contributed by atoms with E-state index in [4.69, 9.17) is 9.47 Å². The van der Waals surface area contributed by atoms with E-state index in [0.717, 1.165) is 33.1 Å². The molecule has 290 valence electrons. The van der Waals surface area contributed by atoms with Crippen LogP contribution in [0.15, 0.2) is 82.6 Å². The number of methoxy groups -OCH3 is 2. The van der Waals surface area contributed by atoms with Crippen molar-refractivity contribution in [2.75, 3.05) is 38.9 Å². The van der Waals surface area contributed by atoms with Crippen LogP contribution < -0.4 is 9.47 Å². The van der Waals surface area contributed by atoms with Gasteiger partial charge in [0.05, 0.1) is 25.3 Å². The minimum atomic E-state index is -4.70. The van der Waals surface area contributed by atoms with E-state index in [-0.39, 0.29) is 48.3 Å². The summed E-state index contributed by atoms with van der Waals surface area (Å²) in [7, 11) is 2.53. The second kappa shape index (κ2) is 19.3. The first-order valence-corrected chi connectivity index (χ1v) is 18.8. The molecule has 0 aliphatic carbocycles. The summed E-state index contributed by atoms with van der Waals surface area (Å²) < 4.78 is 105. The monoisotopic (exact) mass is 794 g/mol. The van der Waals surface area contributed by atoms with Crippen molar-refractivity contribution >= 4 is 35.5 Å². The van der Waals surface area contributed by atoms with Crippen molar-refractivity contribution in [3.8, 4) is 22.6 Å². The maximum absolute atomic E-state index is 14.2. The first-order valence-electron chi connectivity index (χ1n) is 16.9. The molecular weight excluding hydrogens is 755 g/mol. The van der Waals surface area contributed by atoms with Crippen molar-refractivity contribution < 1.29 is 54.9 Å². The molecule has 0 atom stereocenters. The molecule has 0 unspecified atom stereocenters. The van der Waals surface area contributed by atoms with E-state index in [0.29, 0.717) is 35.8 Å². The molecule has 0 radical (unpaired) electrons. The maximum Gasteiger partial charge on any atom is 0.416 e. The highest BCUT2D eigenvalue weighted by atomic mass is 32.2. The Morgan fingerprint density at radius 1 is 0.574 bits per heavy atom. The fourth-order valence-electron chi connectivity index (χ4n) is 5.52. The topological polar surface area (TPSA) is 71.1 Å². The molecule has 0 fully saturated rings. The maximum atomic E-state index is 14.2. The number of thioether (sulfide) groups is 2. The molecule has 4 aromatic rings. The first kappa shape index (κ1) is 42.4. The van der Waals surface area contributed by atoms with E-state index >= 15 is 0 Å². The second-order valence-corrected chi connectivity index (χ2v) is 14.6. The van der Waals surface area contributed by atoms with Crippen LogP contribution in [0, 0.1) is 13.8 Å². The molecule has 0 N–H and O–H groups in total. The highest BCUT2D eigenvalue weighted by molar-refractivity contribution is 7.99. The molecule has 0 saturated carbocycles. The van der Waals surface area contributed by atoms with Crippen LogP contribution in [0.1, 0.15) is 46.2 Å². The van der Waals surface area contributed by atoms with Crippen molar-refractivity contribution in [2.24, 2.45) is 0 Å². The zero-order valence-electron chi connectivity index (χ0n) is 30.1. The minimum Gasteiger partial charge on any atom is -0.482 e. The van der Waals surface area contributed by atoms with Gasteiger partial charge in [-0.25, -0.2) is 9.59 Å². The van der Waals surface area contributed by atoms with Crippen LogP contribution in [0.25, 0.3) is 11.1 Å². The van der Waals surface area contributed by atoms with Crippen LogP contribution in [-0.2, 0) is 44.3 Å². The Bertz CT molecular complexity index is 1770. The summed E-state index contributed by atoms with van der Waals surface area (Å²) in [6, 6.07) is 18.2. The fourth-order valence-corrected chi connectivity index (χ4v) is 7.42. The Labute approximate surface area is 318 Å². The summed E-state index contributed by atoms with van der Waals surface area (Å²) in [5.74, 6) is 1.06. The summed E-state index contributed by atoms with van der Waals surface area (Å²) in [6.45, 7) is 3.18. The number of halogens is 6. The number of esters is 2. The van der Waals surface area contributed by atoms with Crippen LogP contribution in [0.3, 0.4) is 0 Å². The van der Waals surface area contributed by atoms with Crippen LogP contribution in [0.5, 0.6) is 11.5 Å². The van der Waals surface area contributed by atoms with Crippen molar-refractivity contribution in [1.29, 1.82) is 0 Å². The van der Waals surface area contributed by atoms with Crippen molar-refractivity contribution in [2.45, 2.75) is 61.7 Å². The SMILES string of the molecule is COC(=O)COc1ccc(SCCCc2ccc(-c3ccc(CCCSc4ccc(OCC(=O)OC)c(C)c4)c(C(F)(F)F)c3)cc2C(F)(F)F)cc1C. The molecule has 0 aliphatic heterocycles. The Balaban J connectivity index is 1.38. The Kier molecular flexibility index (Phi) is 15.2. The number of carbonyl (C=O) groups excluding carboxylic acids is 2. The molecule has 0 amide bonds. The van der Waals surface area contributed by atoms with Gasteiger partial charge in [0.15, 0.2) is 13.2 Å². The quantitative estimate of drug-likeness (QED) is 0.0453. The summed E-state index contributed by atoms with van der Waals surface area (Å²) in [4.78, 5) is 24.4. The molecule has 0 bridgehead atoms. The van der Waals surface area contributed by atoms with Gasteiger partial charge >= 0.3 is 24.3 Å². The van der Waals surface area contributed by atoms with Gasteiger partial charge in [-0.3, -0.25) is 0 Å². The Hall–Kier alpha value is -4.30. The zero-order chi connectivity index (χ0) is 39.5. The lowest BCUT2D eigenvalue weighted by molar-refractivity contribution is -0.143. The number of hydrogen-bond donors (Lipinski definition) is 0. The van der Waals surface area contributed by atoms with Gasteiger partial charge in [-0.2, -0.15) is 26.3 Å². The van der Waals surface area contributed by atoms with Gasteiger partial charge in [-0.15, -0.1) is 23.5 Å². The average Bonchev–Trinajstić information content (AvgIpc) is 3.13.